The second kappa shape index (κ2) is 15.8. The number of hydrogen-bond acceptors (Lipinski definition) is 4. The van der Waals surface area contributed by atoms with E-state index in [0.29, 0.717) is 13.0 Å². The summed E-state index contributed by atoms with van der Waals surface area (Å²) >= 11 is 0. The molecule has 1 aliphatic carbocycles. The molecule has 1 atom stereocenters. The number of phenolic OH excluding ortho intramolecular Hbond substituents is 2. The largest absolute Gasteiger partial charge is 0.508 e. The van der Waals surface area contributed by atoms with Gasteiger partial charge in [0.2, 0.25) is 0 Å². The number of alkyl halides is 5. The van der Waals surface area contributed by atoms with Crippen molar-refractivity contribution >= 4 is 21.9 Å². The van der Waals surface area contributed by atoms with Crippen LogP contribution in [-0.2, 0) is 17.2 Å². The molecule has 0 heterocycles. The van der Waals surface area contributed by atoms with Crippen LogP contribution < -0.4 is 0 Å². The summed E-state index contributed by atoms with van der Waals surface area (Å²) in [7, 11) is -1.71. The minimum absolute atomic E-state index is 0.111. The minimum Gasteiger partial charge on any atom is -0.508 e. The lowest BCUT2D eigenvalue weighted by Crippen LogP contribution is -2.37. The molecule has 1 aliphatic rings. The maximum absolute atomic E-state index is 13.1. The van der Waals surface area contributed by atoms with Crippen molar-refractivity contribution in [3.05, 3.63) is 59.2 Å². The first-order chi connectivity index (χ1) is 19.9. The fourth-order valence-corrected chi connectivity index (χ4v) is 6.64. The maximum atomic E-state index is 13.1. The van der Waals surface area contributed by atoms with Gasteiger partial charge in [0.05, 0.1) is 0 Å². The number of aromatic hydroxyl groups is 2. The second-order valence-electron chi connectivity index (χ2n) is 11.0. The van der Waals surface area contributed by atoms with Crippen LogP contribution in [0, 0.1) is 0 Å². The Balaban J connectivity index is 1.46. The van der Waals surface area contributed by atoms with Crippen LogP contribution in [0.15, 0.2) is 42.5 Å². The molecule has 1 unspecified atom stereocenters. The number of nitrogens with zero attached hydrogens (tertiary/aromatic N) is 1. The van der Waals surface area contributed by atoms with Crippen LogP contribution in [0.3, 0.4) is 0 Å². The van der Waals surface area contributed by atoms with Gasteiger partial charge in [0.15, 0.2) is 0 Å². The lowest BCUT2D eigenvalue weighted by atomic mass is 9.89. The molecule has 0 bridgehead atoms. The van der Waals surface area contributed by atoms with E-state index in [1.807, 2.05) is 37.3 Å². The number of unbranched alkanes of at least 4 members (excludes halogenated alkanes) is 3. The van der Waals surface area contributed by atoms with Crippen molar-refractivity contribution < 1.29 is 36.4 Å². The number of hydrogen-bond donors (Lipinski definition) is 2. The molecule has 2 aromatic carbocycles. The van der Waals surface area contributed by atoms with Crippen molar-refractivity contribution in [3.63, 3.8) is 0 Å². The standard InChI is InChI=1S/C32H42F5NO3S/c1-2-38(19-9-20-42(41)21-17-31(33,34)32(35,36)37)18-6-4-3-5-13-30-28(24-10-7-12-26(39)22-24)14-8-11-25-23-27(40)15-16-29(25)30/h7,10,12,15-16,22-23,39-40H,2-6,8-9,11,13-14,17-21H2,1H3. The van der Waals surface area contributed by atoms with Gasteiger partial charge >= 0.3 is 12.1 Å². The van der Waals surface area contributed by atoms with E-state index in [2.05, 4.69) is 4.90 Å². The molecular weight excluding hydrogens is 573 g/mol. The zero-order valence-electron chi connectivity index (χ0n) is 24.2. The monoisotopic (exact) mass is 615 g/mol. The number of phenols is 2. The van der Waals surface area contributed by atoms with Crippen molar-refractivity contribution in [1.82, 2.24) is 4.90 Å². The van der Waals surface area contributed by atoms with Crippen LogP contribution in [0.25, 0.3) is 11.1 Å². The van der Waals surface area contributed by atoms with Gasteiger partial charge in [0.1, 0.15) is 11.5 Å². The molecule has 0 radical (unpaired) electrons. The predicted octanol–water partition coefficient (Wildman–Crippen LogP) is 8.34. The van der Waals surface area contributed by atoms with Gasteiger partial charge in [-0.05, 0) is 117 Å². The third-order valence-corrected chi connectivity index (χ3v) is 9.25. The lowest BCUT2D eigenvalue weighted by molar-refractivity contribution is -0.282. The van der Waals surface area contributed by atoms with E-state index in [4.69, 9.17) is 0 Å². The molecule has 4 nitrogen and oxygen atoms in total. The van der Waals surface area contributed by atoms with Crippen LogP contribution in [0.2, 0.25) is 0 Å². The Kier molecular flexibility index (Phi) is 12.8. The zero-order chi connectivity index (χ0) is 30.8. The molecule has 2 aromatic rings. The van der Waals surface area contributed by atoms with E-state index in [1.165, 1.54) is 16.7 Å². The quantitative estimate of drug-likeness (QED) is 0.147. The highest BCUT2D eigenvalue weighted by Gasteiger charge is 2.56. The molecule has 234 valence electrons. The van der Waals surface area contributed by atoms with Gasteiger partial charge in [-0.2, -0.15) is 22.0 Å². The molecule has 0 aromatic heterocycles. The van der Waals surface area contributed by atoms with Crippen molar-refractivity contribution in [2.24, 2.45) is 0 Å². The Hall–Kier alpha value is -2.46. The number of benzene rings is 2. The van der Waals surface area contributed by atoms with Crippen LogP contribution in [0.4, 0.5) is 22.0 Å². The van der Waals surface area contributed by atoms with E-state index < -0.39 is 35.1 Å². The van der Waals surface area contributed by atoms with Gasteiger partial charge in [-0.15, -0.1) is 0 Å². The summed E-state index contributed by atoms with van der Waals surface area (Å²) in [6, 6.07) is 13.0. The predicted molar refractivity (Wildman–Crippen MR) is 159 cm³/mol. The SMILES string of the molecule is CCN(CCCCCCC1=C(c2cccc(O)c2)CCCc2cc(O)ccc21)CCCS(=O)CCC(F)(F)C(F)(F)F. The van der Waals surface area contributed by atoms with Crippen LogP contribution in [0.1, 0.15) is 81.4 Å². The third kappa shape index (κ3) is 10.1. The molecule has 0 aliphatic heterocycles. The Bertz CT molecular complexity index is 1210. The zero-order valence-corrected chi connectivity index (χ0v) is 25.0. The van der Waals surface area contributed by atoms with E-state index in [-0.39, 0.29) is 17.3 Å². The van der Waals surface area contributed by atoms with E-state index in [1.54, 1.807) is 12.1 Å². The molecule has 10 heteroatoms. The first-order valence-electron chi connectivity index (χ1n) is 14.8. The molecule has 2 N–H and O–H groups in total. The number of halogens is 5. The summed E-state index contributed by atoms with van der Waals surface area (Å²) in [6.45, 7) is 4.26. The lowest BCUT2D eigenvalue weighted by Gasteiger charge is -2.21. The van der Waals surface area contributed by atoms with Crippen molar-refractivity contribution in [3.8, 4) is 11.5 Å². The van der Waals surface area contributed by atoms with Crippen molar-refractivity contribution in [2.75, 3.05) is 31.1 Å². The van der Waals surface area contributed by atoms with Gasteiger partial charge in [-0.1, -0.05) is 38.0 Å². The summed E-state index contributed by atoms with van der Waals surface area (Å²) in [6.07, 6.45) is 1.08. The summed E-state index contributed by atoms with van der Waals surface area (Å²) in [5.74, 6) is -4.84. The average Bonchev–Trinajstić information content (AvgIpc) is 3.11. The highest BCUT2D eigenvalue weighted by molar-refractivity contribution is 7.84. The Morgan fingerprint density at radius 2 is 1.57 bits per heavy atom. The topological polar surface area (TPSA) is 60.8 Å². The molecule has 0 saturated heterocycles. The summed E-state index contributed by atoms with van der Waals surface area (Å²) in [5.41, 5.74) is 5.85. The van der Waals surface area contributed by atoms with Gasteiger partial charge in [-0.25, -0.2) is 0 Å². The number of fused-ring (bicyclic) bond motifs is 1. The van der Waals surface area contributed by atoms with Crippen molar-refractivity contribution in [1.29, 1.82) is 0 Å². The minimum atomic E-state index is -5.61. The third-order valence-electron chi connectivity index (χ3n) is 7.85. The average molecular weight is 616 g/mol. The normalized spacial score (nSPS) is 15.1. The first kappa shape index (κ1) is 34.0. The first-order valence-corrected chi connectivity index (χ1v) is 16.3. The summed E-state index contributed by atoms with van der Waals surface area (Å²) < 4.78 is 74.9. The Morgan fingerprint density at radius 1 is 0.857 bits per heavy atom. The molecule has 3 rings (SSSR count). The van der Waals surface area contributed by atoms with E-state index in [0.717, 1.165) is 75.6 Å². The maximum Gasteiger partial charge on any atom is 0.453 e. The molecule has 0 amide bonds. The van der Waals surface area contributed by atoms with Gasteiger partial charge in [0.25, 0.3) is 0 Å². The Labute approximate surface area is 248 Å². The fraction of sp³-hybridized carbons (Fsp3) is 0.562. The summed E-state index contributed by atoms with van der Waals surface area (Å²) in [4.78, 5) is 2.19. The van der Waals surface area contributed by atoms with Crippen LogP contribution in [0.5, 0.6) is 11.5 Å². The highest BCUT2D eigenvalue weighted by Crippen LogP contribution is 2.40. The molecule has 0 fully saturated rings. The van der Waals surface area contributed by atoms with Gasteiger partial charge in [-0.3, -0.25) is 4.21 Å². The van der Waals surface area contributed by atoms with Crippen molar-refractivity contribution in [2.45, 2.75) is 83.2 Å². The Morgan fingerprint density at radius 3 is 2.29 bits per heavy atom. The number of aryl methyl sites for hydroxylation is 1. The van der Waals surface area contributed by atoms with Crippen LogP contribution >= 0.6 is 0 Å². The highest BCUT2D eigenvalue weighted by atomic mass is 32.2. The van der Waals surface area contributed by atoms with E-state index in [9.17, 15) is 36.4 Å². The fourth-order valence-electron chi connectivity index (χ4n) is 5.50. The number of rotatable bonds is 16. The van der Waals surface area contributed by atoms with Gasteiger partial charge < -0.3 is 15.1 Å². The number of allylic oxidation sites excluding steroid dienone is 2. The molecule has 0 saturated carbocycles. The summed E-state index contributed by atoms with van der Waals surface area (Å²) in [5, 5.41) is 20.1. The van der Waals surface area contributed by atoms with Gasteiger partial charge in [0, 0.05) is 28.7 Å². The molecular formula is C32H42F5NO3S. The van der Waals surface area contributed by atoms with E-state index >= 15 is 0 Å². The smallest absolute Gasteiger partial charge is 0.453 e. The molecule has 0 spiro atoms. The second-order valence-corrected chi connectivity index (χ2v) is 12.7. The molecule has 42 heavy (non-hydrogen) atoms. The van der Waals surface area contributed by atoms with Crippen LogP contribution in [-0.4, -0.2) is 62.6 Å².